The van der Waals surface area contributed by atoms with E-state index < -0.39 is 24.1 Å². The number of carbonyl (C=O) groups excluding carboxylic acids is 2. The van der Waals surface area contributed by atoms with Crippen molar-refractivity contribution in [2.45, 2.75) is 12.2 Å². The summed E-state index contributed by atoms with van der Waals surface area (Å²) in [6, 6.07) is 14.7. The quantitative estimate of drug-likeness (QED) is 0.148. The van der Waals surface area contributed by atoms with Gasteiger partial charge in [-0.05, 0) is 41.0 Å². The molecule has 0 saturated heterocycles. The highest BCUT2D eigenvalue weighted by Crippen LogP contribution is 2.25. The zero-order valence-corrected chi connectivity index (χ0v) is 21.8. The van der Waals surface area contributed by atoms with Crippen LogP contribution >= 0.6 is 23.2 Å². The van der Waals surface area contributed by atoms with E-state index in [0.29, 0.717) is 11.5 Å². The topological polar surface area (TPSA) is 108 Å². The molecule has 0 spiro atoms. The van der Waals surface area contributed by atoms with E-state index in [0.717, 1.165) is 16.7 Å². The molecule has 2 aromatic carbocycles. The van der Waals surface area contributed by atoms with Crippen LogP contribution < -0.4 is 15.2 Å². The molecule has 2 rings (SSSR count). The summed E-state index contributed by atoms with van der Waals surface area (Å²) in [7, 11) is 0. The fourth-order valence-corrected chi connectivity index (χ4v) is 3.20. The van der Waals surface area contributed by atoms with Gasteiger partial charge in [0.15, 0.2) is 12.6 Å². The molecule has 2 aromatic rings. The third kappa shape index (κ3) is 10.7. The van der Waals surface area contributed by atoms with E-state index in [4.69, 9.17) is 53.3 Å². The Balaban J connectivity index is 1.91. The SMILES string of the molecule is C#CCOCC(COc1ccc(C(=C)c2ccc(OCC(CCl)OC(=O)C[NH3+])cc2)cc1)OC(=O)CCl. The molecule has 0 aromatic heterocycles. The maximum absolute atomic E-state index is 11.5. The maximum atomic E-state index is 11.5. The molecule has 0 heterocycles. The van der Waals surface area contributed by atoms with E-state index in [1.54, 1.807) is 24.3 Å². The Morgan fingerprint density at radius 3 is 1.84 bits per heavy atom. The molecular formula is C27H30Cl2NO7+. The van der Waals surface area contributed by atoms with Crippen LogP contribution in [-0.4, -0.2) is 68.9 Å². The van der Waals surface area contributed by atoms with E-state index in [1.807, 2.05) is 24.3 Å². The van der Waals surface area contributed by atoms with E-state index >= 15 is 0 Å². The highest BCUT2D eigenvalue weighted by atomic mass is 35.5. The first-order valence-electron chi connectivity index (χ1n) is 11.4. The molecular weight excluding hydrogens is 521 g/mol. The zero-order valence-electron chi connectivity index (χ0n) is 20.3. The summed E-state index contributed by atoms with van der Waals surface area (Å²) < 4.78 is 27.0. The lowest BCUT2D eigenvalue weighted by Gasteiger charge is -2.18. The van der Waals surface area contributed by atoms with Gasteiger partial charge in [-0.1, -0.05) is 36.8 Å². The first-order valence-corrected chi connectivity index (χ1v) is 12.4. The minimum Gasteiger partial charge on any atom is -0.490 e. The molecule has 0 bridgehead atoms. The van der Waals surface area contributed by atoms with Crippen LogP contribution in [0.3, 0.4) is 0 Å². The van der Waals surface area contributed by atoms with Crippen LogP contribution in [0.1, 0.15) is 11.1 Å². The molecule has 0 amide bonds. The van der Waals surface area contributed by atoms with Gasteiger partial charge in [0, 0.05) is 0 Å². The number of ether oxygens (including phenoxy) is 5. The fourth-order valence-electron chi connectivity index (χ4n) is 2.99. The van der Waals surface area contributed by atoms with Gasteiger partial charge in [0.25, 0.3) is 0 Å². The Bertz CT molecular complexity index is 1050. The molecule has 2 atom stereocenters. The molecule has 0 aliphatic heterocycles. The Morgan fingerprint density at radius 2 is 1.38 bits per heavy atom. The third-order valence-electron chi connectivity index (χ3n) is 4.85. The summed E-state index contributed by atoms with van der Waals surface area (Å²) in [5.41, 5.74) is 6.08. The van der Waals surface area contributed by atoms with Crippen LogP contribution in [0, 0.1) is 12.3 Å². The molecule has 10 heteroatoms. The van der Waals surface area contributed by atoms with Crippen LogP contribution in [0.5, 0.6) is 11.5 Å². The van der Waals surface area contributed by atoms with Crippen molar-refractivity contribution in [1.29, 1.82) is 0 Å². The van der Waals surface area contributed by atoms with Crippen molar-refractivity contribution < 1.29 is 39.0 Å². The molecule has 0 fully saturated rings. The number of esters is 2. The number of terminal acetylenes is 1. The van der Waals surface area contributed by atoms with Crippen LogP contribution in [0.4, 0.5) is 0 Å². The summed E-state index contributed by atoms with van der Waals surface area (Å²) in [6.45, 7) is 4.61. The lowest BCUT2D eigenvalue weighted by atomic mass is 9.99. The van der Waals surface area contributed by atoms with E-state index in [1.165, 1.54) is 0 Å². The first-order chi connectivity index (χ1) is 17.9. The number of halogens is 2. The Morgan fingerprint density at radius 1 is 0.865 bits per heavy atom. The van der Waals surface area contributed by atoms with Crippen LogP contribution in [-0.2, 0) is 23.8 Å². The molecule has 0 saturated carbocycles. The number of hydrogen-bond donors (Lipinski definition) is 1. The lowest BCUT2D eigenvalue weighted by Crippen LogP contribution is -2.55. The average Bonchev–Trinajstić information content (AvgIpc) is 2.93. The second kappa shape index (κ2) is 16.5. The molecule has 2 unspecified atom stereocenters. The van der Waals surface area contributed by atoms with Gasteiger partial charge < -0.3 is 29.4 Å². The number of carbonyl (C=O) groups is 2. The molecule has 0 aliphatic carbocycles. The fraction of sp³-hybridized carbons (Fsp3) is 0.333. The van der Waals surface area contributed by atoms with Crippen LogP contribution in [0.2, 0.25) is 0 Å². The summed E-state index contributed by atoms with van der Waals surface area (Å²) in [5.74, 6) is 2.40. The molecule has 0 radical (unpaired) electrons. The number of hydrogen-bond acceptors (Lipinski definition) is 7. The summed E-state index contributed by atoms with van der Waals surface area (Å²) >= 11 is 11.3. The molecule has 0 aliphatic rings. The minimum absolute atomic E-state index is 0.0317. The second-order valence-electron chi connectivity index (χ2n) is 7.63. The van der Waals surface area contributed by atoms with Gasteiger partial charge >= 0.3 is 11.9 Å². The van der Waals surface area contributed by atoms with Crippen molar-refractivity contribution in [3.8, 4) is 23.8 Å². The second-order valence-corrected chi connectivity index (χ2v) is 8.21. The molecule has 198 valence electrons. The molecule has 8 nitrogen and oxygen atoms in total. The highest BCUT2D eigenvalue weighted by molar-refractivity contribution is 6.26. The van der Waals surface area contributed by atoms with Crippen molar-refractivity contribution in [2.24, 2.45) is 0 Å². The Labute approximate surface area is 226 Å². The van der Waals surface area contributed by atoms with Crippen molar-refractivity contribution >= 4 is 40.7 Å². The van der Waals surface area contributed by atoms with Crippen LogP contribution in [0.25, 0.3) is 5.57 Å². The van der Waals surface area contributed by atoms with Crippen LogP contribution in [0.15, 0.2) is 55.1 Å². The lowest BCUT2D eigenvalue weighted by molar-refractivity contribution is -0.360. The minimum atomic E-state index is -0.648. The Hall–Kier alpha value is -3.22. The monoisotopic (exact) mass is 550 g/mol. The number of rotatable bonds is 16. The molecule has 3 N–H and O–H groups in total. The predicted octanol–water partition coefficient (Wildman–Crippen LogP) is 2.70. The predicted molar refractivity (Wildman–Crippen MR) is 141 cm³/mol. The summed E-state index contributed by atoms with van der Waals surface area (Å²) in [5, 5.41) is 0. The van der Waals surface area contributed by atoms with Gasteiger partial charge in [0.2, 0.25) is 0 Å². The van der Waals surface area contributed by atoms with E-state index in [9.17, 15) is 9.59 Å². The smallest absolute Gasteiger partial charge is 0.361 e. The van der Waals surface area contributed by atoms with Gasteiger partial charge in [-0.3, -0.25) is 4.79 Å². The zero-order chi connectivity index (χ0) is 27.0. The standard InChI is InChI=1S/C27H29Cl2NO7/c1-3-12-33-16-25(37-26(31)14-29)18-35-23-10-6-21(7-11-23)19(2)20-4-8-22(9-5-20)34-17-24(13-28)36-27(32)15-30/h1,4-11,24-25H,2,12-18,30H2/p+1. The van der Waals surface area contributed by atoms with Crippen molar-refractivity contribution in [3.63, 3.8) is 0 Å². The van der Waals surface area contributed by atoms with Gasteiger partial charge in [0.1, 0.15) is 43.3 Å². The number of alkyl halides is 2. The normalized spacial score (nSPS) is 12.1. The average molecular weight is 551 g/mol. The van der Waals surface area contributed by atoms with Crippen molar-refractivity contribution in [1.82, 2.24) is 0 Å². The van der Waals surface area contributed by atoms with E-state index in [-0.39, 0.29) is 44.7 Å². The maximum Gasteiger partial charge on any atom is 0.361 e. The van der Waals surface area contributed by atoms with Gasteiger partial charge in [0.05, 0.1) is 12.5 Å². The van der Waals surface area contributed by atoms with Crippen molar-refractivity contribution in [2.75, 3.05) is 44.7 Å². The summed E-state index contributed by atoms with van der Waals surface area (Å²) in [4.78, 5) is 22.9. The largest absolute Gasteiger partial charge is 0.490 e. The van der Waals surface area contributed by atoms with Gasteiger partial charge in [-0.25, -0.2) is 4.79 Å². The highest BCUT2D eigenvalue weighted by Gasteiger charge is 2.16. The molecule has 37 heavy (non-hydrogen) atoms. The number of quaternary nitrogens is 1. The van der Waals surface area contributed by atoms with Gasteiger partial charge in [-0.15, -0.1) is 29.6 Å². The summed E-state index contributed by atoms with van der Waals surface area (Å²) in [6.07, 6.45) is 3.97. The number of benzene rings is 2. The third-order valence-corrected chi connectivity index (χ3v) is 5.41. The first kappa shape index (κ1) is 30.0. The van der Waals surface area contributed by atoms with Gasteiger partial charge in [-0.2, -0.15) is 0 Å². The Kier molecular flexibility index (Phi) is 13.4. The van der Waals surface area contributed by atoms with Crippen molar-refractivity contribution in [3.05, 3.63) is 66.2 Å². The van der Waals surface area contributed by atoms with E-state index in [2.05, 4.69) is 18.2 Å².